The molecule has 30 heavy (non-hydrogen) atoms. The molecule has 1 aromatic carbocycles. The highest BCUT2D eigenvalue weighted by Crippen LogP contribution is 2.14. The molecular weight excluding hydrogens is 495 g/mol. The quantitative estimate of drug-likeness (QED) is 0.321. The lowest BCUT2D eigenvalue weighted by Crippen LogP contribution is -2.48. The van der Waals surface area contributed by atoms with Gasteiger partial charge in [0.1, 0.15) is 0 Å². The molecular formula is C22H37IN4O3. The highest BCUT2D eigenvalue weighted by molar-refractivity contribution is 14.0. The van der Waals surface area contributed by atoms with Gasteiger partial charge < -0.3 is 25.0 Å². The van der Waals surface area contributed by atoms with Gasteiger partial charge in [0.15, 0.2) is 5.96 Å². The predicted molar refractivity (Wildman–Crippen MR) is 131 cm³/mol. The van der Waals surface area contributed by atoms with Crippen LogP contribution in [0.1, 0.15) is 44.7 Å². The first-order valence-corrected chi connectivity index (χ1v) is 10.3. The van der Waals surface area contributed by atoms with Crippen LogP contribution in [0.3, 0.4) is 0 Å². The molecule has 8 heteroatoms. The SMILES string of the molecule is CN=C(NCc1ccc(COC2CCOCC2)cc1)N(C)CC(=O)NC(C)(C)C.I. The van der Waals surface area contributed by atoms with E-state index in [-0.39, 0.29) is 42.0 Å². The maximum absolute atomic E-state index is 12.1. The summed E-state index contributed by atoms with van der Waals surface area (Å²) in [4.78, 5) is 18.2. The van der Waals surface area contributed by atoms with Crippen LogP contribution >= 0.6 is 24.0 Å². The Labute approximate surface area is 198 Å². The Balaban J connectivity index is 0.00000450. The van der Waals surface area contributed by atoms with E-state index >= 15 is 0 Å². The number of aliphatic imine (C=N–C) groups is 1. The smallest absolute Gasteiger partial charge is 0.240 e. The van der Waals surface area contributed by atoms with Gasteiger partial charge in [0.05, 0.1) is 19.3 Å². The van der Waals surface area contributed by atoms with Gasteiger partial charge in [-0.2, -0.15) is 0 Å². The van der Waals surface area contributed by atoms with Gasteiger partial charge in [-0.15, -0.1) is 24.0 Å². The minimum Gasteiger partial charge on any atom is -0.381 e. The van der Waals surface area contributed by atoms with Crippen LogP contribution < -0.4 is 10.6 Å². The largest absolute Gasteiger partial charge is 0.381 e. The highest BCUT2D eigenvalue weighted by Gasteiger charge is 2.17. The first kappa shape index (κ1) is 26.6. The lowest BCUT2D eigenvalue weighted by molar-refractivity contribution is -0.122. The Bertz CT molecular complexity index is 668. The number of carbonyl (C=O) groups is 1. The Morgan fingerprint density at radius 3 is 2.37 bits per heavy atom. The molecule has 1 aliphatic rings. The highest BCUT2D eigenvalue weighted by atomic mass is 127. The molecule has 1 aromatic rings. The Morgan fingerprint density at radius 2 is 1.80 bits per heavy atom. The van der Waals surface area contributed by atoms with Gasteiger partial charge in [0, 0.05) is 39.4 Å². The molecule has 0 bridgehead atoms. The molecule has 1 aliphatic heterocycles. The van der Waals surface area contributed by atoms with Gasteiger partial charge in [0.2, 0.25) is 5.91 Å². The second-order valence-electron chi connectivity index (χ2n) is 8.49. The molecule has 7 nitrogen and oxygen atoms in total. The van der Waals surface area contributed by atoms with E-state index in [9.17, 15) is 4.79 Å². The summed E-state index contributed by atoms with van der Waals surface area (Å²) < 4.78 is 11.3. The van der Waals surface area contributed by atoms with Gasteiger partial charge in [-0.25, -0.2) is 0 Å². The van der Waals surface area contributed by atoms with E-state index in [1.807, 2.05) is 32.7 Å². The number of nitrogens with one attached hydrogen (secondary N) is 2. The number of guanidine groups is 1. The van der Waals surface area contributed by atoms with E-state index < -0.39 is 0 Å². The lowest BCUT2D eigenvalue weighted by atomic mass is 10.1. The number of likely N-dealkylation sites (N-methyl/N-ethyl adjacent to an activating group) is 1. The molecule has 1 saturated heterocycles. The van der Waals surface area contributed by atoms with Crippen LogP contribution in [-0.4, -0.2) is 62.3 Å². The van der Waals surface area contributed by atoms with E-state index in [1.165, 1.54) is 5.56 Å². The zero-order valence-electron chi connectivity index (χ0n) is 18.9. The van der Waals surface area contributed by atoms with E-state index in [0.717, 1.165) is 31.6 Å². The summed E-state index contributed by atoms with van der Waals surface area (Å²) >= 11 is 0. The first-order chi connectivity index (χ1) is 13.8. The van der Waals surface area contributed by atoms with Crippen molar-refractivity contribution in [3.05, 3.63) is 35.4 Å². The van der Waals surface area contributed by atoms with E-state index in [0.29, 0.717) is 25.2 Å². The summed E-state index contributed by atoms with van der Waals surface area (Å²) in [5.41, 5.74) is 2.07. The van der Waals surface area contributed by atoms with Crippen molar-refractivity contribution in [2.24, 2.45) is 4.99 Å². The van der Waals surface area contributed by atoms with Crippen molar-refractivity contribution in [2.45, 2.75) is 58.4 Å². The maximum Gasteiger partial charge on any atom is 0.240 e. The van der Waals surface area contributed by atoms with Crippen molar-refractivity contribution in [1.29, 1.82) is 0 Å². The molecule has 2 rings (SSSR count). The summed E-state index contributed by atoms with van der Waals surface area (Å²) in [5, 5.41) is 6.27. The van der Waals surface area contributed by atoms with Gasteiger partial charge in [-0.1, -0.05) is 24.3 Å². The van der Waals surface area contributed by atoms with Crippen molar-refractivity contribution in [3.8, 4) is 0 Å². The summed E-state index contributed by atoms with van der Waals surface area (Å²) in [6.07, 6.45) is 2.25. The van der Waals surface area contributed by atoms with Crippen LogP contribution in [0.5, 0.6) is 0 Å². The second-order valence-corrected chi connectivity index (χ2v) is 8.49. The van der Waals surface area contributed by atoms with Crippen molar-refractivity contribution in [2.75, 3.05) is 33.9 Å². The number of amides is 1. The monoisotopic (exact) mass is 532 g/mol. The molecule has 0 unspecified atom stereocenters. The number of carbonyl (C=O) groups excluding carboxylic acids is 1. The summed E-state index contributed by atoms with van der Waals surface area (Å²) in [6, 6.07) is 8.38. The number of halogens is 1. The topological polar surface area (TPSA) is 75.2 Å². The van der Waals surface area contributed by atoms with Crippen LogP contribution in [0.15, 0.2) is 29.3 Å². The number of hydrogen-bond acceptors (Lipinski definition) is 4. The molecule has 2 N–H and O–H groups in total. The van der Waals surface area contributed by atoms with Crippen LogP contribution in [0.25, 0.3) is 0 Å². The Morgan fingerprint density at radius 1 is 1.20 bits per heavy atom. The lowest BCUT2D eigenvalue weighted by Gasteiger charge is -2.25. The maximum atomic E-state index is 12.1. The third-order valence-corrected chi connectivity index (χ3v) is 4.60. The molecule has 0 saturated carbocycles. The van der Waals surface area contributed by atoms with Crippen LogP contribution in [0, 0.1) is 0 Å². The average molecular weight is 532 g/mol. The van der Waals surface area contributed by atoms with E-state index in [2.05, 4.69) is 39.9 Å². The van der Waals surface area contributed by atoms with Crippen LogP contribution in [0.2, 0.25) is 0 Å². The van der Waals surface area contributed by atoms with Gasteiger partial charge in [0.25, 0.3) is 0 Å². The summed E-state index contributed by atoms with van der Waals surface area (Å²) in [6.45, 7) is 9.01. The molecule has 1 heterocycles. The molecule has 0 atom stereocenters. The fourth-order valence-corrected chi connectivity index (χ4v) is 3.12. The number of ether oxygens (including phenoxy) is 2. The minimum atomic E-state index is -0.245. The first-order valence-electron chi connectivity index (χ1n) is 10.3. The molecule has 170 valence electrons. The van der Waals surface area contributed by atoms with E-state index in [4.69, 9.17) is 9.47 Å². The third-order valence-electron chi connectivity index (χ3n) is 4.60. The van der Waals surface area contributed by atoms with Crippen LogP contribution in [-0.2, 0) is 27.4 Å². The predicted octanol–water partition coefficient (Wildman–Crippen LogP) is 2.92. The van der Waals surface area contributed by atoms with Crippen molar-refractivity contribution < 1.29 is 14.3 Å². The molecule has 0 spiro atoms. The minimum absolute atomic E-state index is 0. The van der Waals surface area contributed by atoms with Crippen molar-refractivity contribution >= 4 is 35.8 Å². The van der Waals surface area contributed by atoms with Crippen LogP contribution in [0.4, 0.5) is 0 Å². The molecule has 0 aliphatic carbocycles. The third kappa shape index (κ3) is 10.1. The Hall–Kier alpha value is -1.39. The number of rotatable bonds is 7. The number of benzene rings is 1. The normalized spacial score (nSPS) is 15.3. The summed E-state index contributed by atoms with van der Waals surface area (Å²) in [7, 11) is 3.57. The van der Waals surface area contributed by atoms with Gasteiger partial charge in [-0.05, 0) is 44.7 Å². The molecule has 0 aromatic heterocycles. The zero-order chi connectivity index (χ0) is 21.3. The van der Waals surface area contributed by atoms with Crippen molar-refractivity contribution in [1.82, 2.24) is 15.5 Å². The average Bonchev–Trinajstić information content (AvgIpc) is 2.67. The van der Waals surface area contributed by atoms with Crippen molar-refractivity contribution in [3.63, 3.8) is 0 Å². The number of hydrogen-bond donors (Lipinski definition) is 2. The van der Waals surface area contributed by atoms with Gasteiger partial charge >= 0.3 is 0 Å². The van der Waals surface area contributed by atoms with Gasteiger partial charge in [-0.3, -0.25) is 9.79 Å². The Kier molecular flexibility index (Phi) is 11.6. The molecule has 1 amide bonds. The number of nitrogens with zero attached hydrogens (tertiary/aromatic N) is 2. The molecule has 0 radical (unpaired) electrons. The molecule has 1 fully saturated rings. The summed E-state index contributed by atoms with van der Waals surface area (Å²) in [5.74, 6) is 0.651. The fraction of sp³-hybridized carbons (Fsp3) is 0.636. The zero-order valence-corrected chi connectivity index (χ0v) is 21.2. The second kappa shape index (κ2) is 13.1. The van der Waals surface area contributed by atoms with E-state index in [1.54, 1.807) is 7.05 Å². The fourth-order valence-electron chi connectivity index (χ4n) is 3.12. The standard InChI is InChI=1S/C22H36N4O3.HI/c1-22(2,3)25-20(27)15-26(5)21(23-4)24-14-17-6-8-18(9-7-17)16-29-19-10-12-28-13-11-19;/h6-9,19H,10-16H2,1-5H3,(H,23,24)(H,25,27);1H.